The normalized spacial score (nSPS) is 11.0. The average Bonchev–Trinajstić information content (AvgIpc) is 3.22. The van der Waals surface area contributed by atoms with Gasteiger partial charge in [0, 0.05) is 11.1 Å². The number of fused-ring (bicyclic) bond motifs is 1. The summed E-state index contributed by atoms with van der Waals surface area (Å²) in [7, 11) is 1.64. The number of hydrogen-bond acceptors (Lipinski definition) is 6. The van der Waals surface area contributed by atoms with E-state index in [1.54, 1.807) is 7.11 Å². The number of hydrogen-bond donors (Lipinski definition) is 2. The Balaban J connectivity index is 1.51. The van der Waals surface area contributed by atoms with Gasteiger partial charge in [0.15, 0.2) is 5.15 Å². The van der Waals surface area contributed by atoms with Crippen LogP contribution in [0.2, 0.25) is 5.15 Å². The van der Waals surface area contributed by atoms with E-state index in [9.17, 15) is 0 Å². The number of rotatable bonds is 5. The zero-order valence-electron chi connectivity index (χ0n) is 13.3. The maximum absolute atomic E-state index is 6.03. The Morgan fingerprint density at radius 1 is 1.20 bits per heavy atom. The number of H-pyrrole nitrogens is 1. The first kappa shape index (κ1) is 15.5. The standard InChI is InChI=1S/C17H14ClN5O2/c1-24-12-4-2-3-10(7-12)8-15-21-23-17(25-15)19-11-5-6-14-13(9-11)16(18)22-20-14/h2-7,9H,8H2,1H3,(H,19,23)(H,20,22). The molecule has 4 aromatic rings. The van der Waals surface area contributed by atoms with Crippen molar-refractivity contribution >= 4 is 34.2 Å². The molecule has 2 heterocycles. The van der Waals surface area contributed by atoms with Crippen molar-refractivity contribution in [2.45, 2.75) is 6.42 Å². The number of aromatic nitrogens is 4. The van der Waals surface area contributed by atoms with Gasteiger partial charge in [-0.15, -0.1) is 5.10 Å². The fourth-order valence-corrected chi connectivity index (χ4v) is 2.71. The van der Waals surface area contributed by atoms with E-state index in [1.807, 2.05) is 42.5 Å². The van der Waals surface area contributed by atoms with Gasteiger partial charge in [-0.05, 0) is 35.9 Å². The maximum Gasteiger partial charge on any atom is 0.320 e. The predicted octanol–water partition coefficient (Wildman–Crippen LogP) is 3.94. The van der Waals surface area contributed by atoms with E-state index in [0.29, 0.717) is 23.5 Å². The fraction of sp³-hybridized carbons (Fsp3) is 0.118. The molecule has 25 heavy (non-hydrogen) atoms. The molecule has 0 bridgehead atoms. The van der Waals surface area contributed by atoms with Crippen LogP contribution in [0, 0.1) is 0 Å². The highest BCUT2D eigenvalue weighted by atomic mass is 35.5. The second kappa shape index (κ2) is 6.45. The summed E-state index contributed by atoms with van der Waals surface area (Å²) in [6.07, 6.45) is 0.526. The van der Waals surface area contributed by atoms with Crippen LogP contribution in [0.5, 0.6) is 5.75 Å². The number of ether oxygens (including phenoxy) is 1. The molecule has 0 aliphatic carbocycles. The van der Waals surface area contributed by atoms with Crippen LogP contribution in [0.15, 0.2) is 46.9 Å². The Hall–Kier alpha value is -3.06. The Bertz CT molecular complexity index is 1030. The van der Waals surface area contributed by atoms with E-state index in [2.05, 4.69) is 25.7 Å². The van der Waals surface area contributed by atoms with Crippen LogP contribution in [0.1, 0.15) is 11.5 Å². The van der Waals surface area contributed by atoms with Crippen LogP contribution in [0.25, 0.3) is 10.9 Å². The smallest absolute Gasteiger partial charge is 0.320 e. The SMILES string of the molecule is COc1cccc(Cc2nnc(Nc3ccc4[nH]nc(Cl)c4c3)o2)c1. The van der Waals surface area contributed by atoms with Gasteiger partial charge in [-0.3, -0.25) is 5.10 Å². The molecule has 2 aromatic carbocycles. The third kappa shape index (κ3) is 3.27. The van der Waals surface area contributed by atoms with Crippen molar-refractivity contribution in [1.82, 2.24) is 20.4 Å². The predicted molar refractivity (Wildman–Crippen MR) is 94.5 cm³/mol. The van der Waals surface area contributed by atoms with E-state index < -0.39 is 0 Å². The largest absolute Gasteiger partial charge is 0.497 e. The number of nitrogens with zero attached hydrogens (tertiary/aromatic N) is 3. The molecule has 0 radical (unpaired) electrons. The molecule has 0 amide bonds. The highest BCUT2D eigenvalue weighted by Crippen LogP contribution is 2.25. The molecule has 0 aliphatic heterocycles. The second-order valence-electron chi connectivity index (χ2n) is 5.43. The van der Waals surface area contributed by atoms with Crippen LogP contribution in [-0.4, -0.2) is 27.5 Å². The monoisotopic (exact) mass is 355 g/mol. The summed E-state index contributed by atoms with van der Waals surface area (Å²) in [6, 6.07) is 13.7. The van der Waals surface area contributed by atoms with Gasteiger partial charge in [0.2, 0.25) is 5.89 Å². The molecule has 0 fully saturated rings. The first-order chi connectivity index (χ1) is 12.2. The van der Waals surface area contributed by atoms with E-state index >= 15 is 0 Å². The van der Waals surface area contributed by atoms with Gasteiger partial charge in [-0.2, -0.15) is 5.10 Å². The second-order valence-corrected chi connectivity index (χ2v) is 5.79. The zero-order chi connectivity index (χ0) is 17.2. The first-order valence-corrected chi connectivity index (χ1v) is 7.95. The topological polar surface area (TPSA) is 88.9 Å². The summed E-state index contributed by atoms with van der Waals surface area (Å²) >= 11 is 6.03. The quantitative estimate of drug-likeness (QED) is 0.563. The van der Waals surface area contributed by atoms with Crippen molar-refractivity contribution in [3.05, 3.63) is 59.1 Å². The Kier molecular flexibility index (Phi) is 3.99. The summed E-state index contributed by atoms with van der Waals surface area (Å²) in [5.74, 6) is 1.30. The van der Waals surface area contributed by atoms with Gasteiger partial charge in [0.1, 0.15) is 5.75 Å². The third-order valence-corrected chi connectivity index (χ3v) is 4.01. The summed E-state index contributed by atoms with van der Waals surface area (Å²) in [5, 5.41) is 19.2. The van der Waals surface area contributed by atoms with Gasteiger partial charge in [0.05, 0.1) is 19.0 Å². The number of methoxy groups -OCH3 is 1. The summed E-state index contributed by atoms with van der Waals surface area (Å²) in [6.45, 7) is 0. The molecule has 7 nitrogen and oxygen atoms in total. The number of anilines is 2. The highest BCUT2D eigenvalue weighted by Gasteiger charge is 2.09. The molecule has 0 unspecified atom stereocenters. The molecule has 0 saturated carbocycles. The van der Waals surface area contributed by atoms with Gasteiger partial charge in [0.25, 0.3) is 0 Å². The Morgan fingerprint density at radius 3 is 3.00 bits per heavy atom. The van der Waals surface area contributed by atoms with Gasteiger partial charge in [-0.25, -0.2) is 0 Å². The lowest BCUT2D eigenvalue weighted by Crippen LogP contribution is -1.90. The number of halogens is 1. The molecule has 0 aliphatic rings. The van der Waals surface area contributed by atoms with Crippen molar-refractivity contribution in [2.75, 3.05) is 12.4 Å². The van der Waals surface area contributed by atoms with E-state index in [-0.39, 0.29) is 0 Å². The van der Waals surface area contributed by atoms with Crippen molar-refractivity contribution in [1.29, 1.82) is 0 Å². The third-order valence-electron chi connectivity index (χ3n) is 3.72. The van der Waals surface area contributed by atoms with Gasteiger partial charge < -0.3 is 14.5 Å². The minimum atomic E-state index is 0.317. The lowest BCUT2D eigenvalue weighted by Gasteiger charge is -2.02. The minimum Gasteiger partial charge on any atom is -0.497 e. The Labute approximate surface area is 148 Å². The molecule has 126 valence electrons. The van der Waals surface area contributed by atoms with Gasteiger partial charge in [-0.1, -0.05) is 28.8 Å². The van der Waals surface area contributed by atoms with E-state index in [0.717, 1.165) is 27.9 Å². The molecular weight excluding hydrogens is 342 g/mol. The highest BCUT2D eigenvalue weighted by molar-refractivity contribution is 6.34. The summed E-state index contributed by atoms with van der Waals surface area (Å²) in [4.78, 5) is 0. The van der Waals surface area contributed by atoms with Crippen molar-refractivity contribution in [3.8, 4) is 5.75 Å². The first-order valence-electron chi connectivity index (χ1n) is 7.57. The van der Waals surface area contributed by atoms with E-state index in [1.165, 1.54) is 0 Å². The molecular formula is C17H14ClN5O2. The average molecular weight is 356 g/mol. The van der Waals surface area contributed by atoms with Gasteiger partial charge >= 0.3 is 6.01 Å². The van der Waals surface area contributed by atoms with Crippen molar-refractivity contribution in [3.63, 3.8) is 0 Å². The lowest BCUT2D eigenvalue weighted by molar-refractivity contribution is 0.414. The maximum atomic E-state index is 6.03. The van der Waals surface area contributed by atoms with Crippen LogP contribution in [0.3, 0.4) is 0 Å². The van der Waals surface area contributed by atoms with Crippen LogP contribution in [0.4, 0.5) is 11.7 Å². The summed E-state index contributed by atoms with van der Waals surface area (Å²) < 4.78 is 10.9. The van der Waals surface area contributed by atoms with Crippen LogP contribution < -0.4 is 10.1 Å². The minimum absolute atomic E-state index is 0.317. The summed E-state index contributed by atoms with van der Waals surface area (Å²) in [5.41, 5.74) is 2.67. The molecule has 4 rings (SSSR count). The molecule has 2 N–H and O–H groups in total. The number of nitrogens with one attached hydrogen (secondary N) is 2. The fourth-order valence-electron chi connectivity index (χ4n) is 2.52. The number of aromatic amines is 1. The van der Waals surface area contributed by atoms with Crippen molar-refractivity contribution in [2.24, 2.45) is 0 Å². The zero-order valence-corrected chi connectivity index (χ0v) is 14.0. The van der Waals surface area contributed by atoms with Crippen LogP contribution in [-0.2, 0) is 6.42 Å². The van der Waals surface area contributed by atoms with Crippen LogP contribution >= 0.6 is 11.6 Å². The molecule has 0 spiro atoms. The van der Waals surface area contributed by atoms with Crippen molar-refractivity contribution < 1.29 is 9.15 Å². The van der Waals surface area contributed by atoms with E-state index in [4.69, 9.17) is 20.8 Å². The molecule has 2 aromatic heterocycles. The molecule has 0 atom stereocenters. The Morgan fingerprint density at radius 2 is 2.12 bits per heavy atom. The number of benzene rings is 2. The lowest BCUT2D eigenvalue weighted by atomic mass is 10.1. The molecule has 8 heteroatoms. The molecule has 0 saturated heterocycles.